The Morgan fingerprint density at radius 2 is 1.80 bits per heavy atom. The first-order chi connectivity index (χ1) is 7.36. The van der Waals surface area contributed by atoms with Gasteiger partial charge in [0.25, 0.3) is 0 Å². The smallest absolute Gasteiger partial charge is 0.344 e. The molecule has 2 heteroatoms. The van der Waals surface area contributed by atoms with E-state index >= 15 is 0 Å². The van der Waals surface area contributed by atoms with E-state index in [0.29, 0.717) is 11.0 Å². The van der Waals surface area contributed by atoms with Crippen molar-refractivity contribution in [3.05, 3.63) is 59.0 Å². The molecule has 0 aliphatic carbocycles. The SMILES string of the molecule is O=c1oc2c[c]ccc2c2ccccc12. The fourth-order valence-corrected chi connectivity index (χ4v) is 1.77. The van der Waals surface area contributed by atoms with Gasteiger partial charge in [-0.05, 0) is 29.7 Å². The molecule has 0 amide bonds. The van der Waals surface area contributed by atoms with E-state index in [0.717, 1.165) is 10.8 Å². The summed E-state index contributed by atoms with van der Waals surface area (Å²) in [6.07, 6.45) is 0. The predicted molar refractivity (Wildman–Crippen MR) is 58.8 cm³/mol. The highest BCUT2D eigenvalue weighted by atomic mass is 16.4. The van der Waals surface area contributed by atoms with Crippen molar-refractivity contribution in [1.29, 1.82) is 0 Å². The summed E-state index contributed by atoms with van der Waals surface area (Å²) < 4.78 is 5.19. The molecule has 0 unspecified atom stereocenters. The molecule has 3 aromatic rings. The molecule has 2 aromatic carbocycles. The first-order valence-electron chi connectivity index (χ1n) is 4.68. The van der Waals surface area contributed by atoms with E-state index in [1.807, 2.05) is 30.3 Å². The first kappa shape index (κ1) is 8.24. The summed E-state index contributed by atoms with van der Waals surface area (Å²) in [5.41, 5.74) is 0.291. The minimum atomic E-state index is -0.294. The molecular formula is C13H7O2. The second kappa shape index (κ2) is 2.95. The van der Waals surface area contributed by atoms with Crippen molar-refractivity contribution < 1.29 is 4.42 Å². The van der Waals surface area contributed by atoms with Gasteiger partial charge in [-0.25, -0.2) is 4.79 Å². The molecular weight excluding hydrogens is 188 g/mol. The van der Waals surface area contributed by atoms with Crippen LogP contribution in [-0.4, -0.2) is 0 Å². The number of benzene rings is 2. The minimum absolute atomic E-state index is 0.294. The normalized spacial score (nSPS) is 10.9. The van der Waals surface area contributed by atoms with Gasteiger partial charge < -0.3 is 4.42 Å². The molecule has 0 spiro atoms. The maximum absolute atomic E-state index is 11.6. The summed E-state index contributed by atoms with van der Waals surface area (Å²) in [5.74, 6) is 0. The monoisotopic (exact) mass is 195 g/mol. The van der Waals surface area contributed by atoms with Gasteiger partial charge in [0, 0.05) is 5.39 Å². The van der Waals surface area contributed by atoms with E-state index in [9.17, 15) is 4.79 Å². The zero-order valence-corrected chi connectivity index (χ0v) is 7.86. The zero-order chi connectivity index (χ0) is 10.3. The van der Waals surface area contributed by atoms with Crippen LogP contribution in [-0.2, 0) is 0 Å². The number of fused-ring (bicyclic) bond motifs is 3. The molecule has 1 aromatic heterocycles. The molecule has 0 fully saturated rings. The van der Waals surface area contributed by atoms with Crippen LogP contribution in [0.3, 0.4) is 0 Å². The van der Waals surface area contributed by atoms with E-state index in [1.165, 1.54) is 0 Å². The second-order valence-corrected chi connectivity index (χ2v) is 3.36. The molecule has 71 valence electrons. The number of hydrogen-bond donors (Lipinski definition) is 0. The lowest BCUT2D eigenvalue weighted by Crippen LogP contribution is -1.98. The van der Waals surface area contributed by atoms with Crippen LogP contribution in [0.5, 0.6) is 0 Å². The third kappa shape index (κ3) is 1.15. The highest BCUT2D eigenvalue weighted by molar-refractivity contribution is 6.03. The Morgan fingerprint density at radius 1 is 1.00 bits per heavy atom. The van der Waals surface area contributed by atoms with Crippen molar-refractivity contribution in [2.75, 3.05) is 0 Å². The van der Waals surface area contributed by atoms with Gasteiger partial charge in [-0.3, -0.25) is 0 Å². The Morgan fingerprint density at radius 3 is 2.67 bits per heavy atom. The Labute approximate surface area is 85.8 Å². The van der Waals surface area contributed by atoms with Crippen molar-refractivity contribution in [2.45, 2.75) is 0 Å². The largest absolute Gasteiger partial charge is 0.422 e. The third-order valence-corrected chi connectivity index (χ3v) is 2.47. The molecule has 15 heavy (non-hydrogen) atoms. The van der Waals surface area contributed by atoms with Crippen molar-refractivity contribution >= 4 is 21.7 Å². The van der Waals surface area contributed by atoms with Crippen LogP contribution >= 0.6 is 0 Å². The van der Waals surface area contributed by atoms with Gasteiger partial charge in [-0.15, -0.1) is 0 Å². The summed E-state index contributed by atoms with van der Waals surface area (Å²) in [6, 6.07) is 15.7. The fourth-order valence-electron chi connectivity index (χ4n) is 1.77. The summed E-state index contributed by atoms with van der Waals surface area (Å²) in [6.45, 7) is 0. The standard InChI is InChI=1S/C13H7O2/c14-13-11-7-2-1-5-9(11)10-6-3-4-8-12(10)15-13/h1-3,5-8H. The van der Waals surface area contributed by atoms with Crippen LogP contribution in [0.2, 0.25) is 0 Å². The summed E-state index contributed by atoms with van der Waals surface area (Å²) in [5, 5.41) is 2.50. The molecule has 0 aliphatic heterocycles. The molecule has 1 radical (unpaired) electrons. The summed E-state index contributed by atoms with van der Waals surface area (Å²) >= 11 is 0. The Hall–Kier alpha value is -2.09. The topological polar surface area (TPSA) is 30.2 Å². The molecule has 0 atom stereocenters. The van der Waals surface area contributed by atoms with E-state index in [4.69, 9.17) is 4.42 Å². The Bertz CT molecular complexity index is 695. The Kier molecular flexibility index (Phi) is 1.62. The van der Waals surface area contributed by atoms with Gasteiger partial charge in [0.2, 0.25) is 0 Å². The van der Waals surface area contributed by atoms with E-state index in [2.05, 4.69) is 6.07 Å². The lowest BCUT2D eigenvalue weighted by molar-refractivity contribution is 0.569. The minimum Gasteiger partial charge on any atom is -0.422 e. The highest BCUT2D eigenvalue weighted by Crippen LogP contribution is 2.21. The van der Waals surface area contributed by atoms with Crippen LogP contribution in [0, 0.1) is 6.07 Å². The highest BCUT2D eigenvalue weighted by Gasteiger charge is 2.04. The maximum Gasteiger partial charge on any atom is 0.344 e. The molecule has 0 saturated carbocycles. The zero-order valence-electron chi connectivity index (χ0n) is 7.86. The molecule has 3 rings (SSSR count). The van der Waals surface area contributed by atoms with Gasteiger partial charge >= 0.3 is 5.63 Å². The Balaban J connectivity index is 2.70. The van der Waals surface area contributed by atoms with Crippen LogP contribution in [0.4, 0.5) is 0 Å². The predicted octanol–water partition coefficient (Wildman–Crippen LogP) is 2.75. The van der Waals surface area contributed by atoms with Crippen molar-refractivity contribution in [1.82, 2.24) is 0 Å². The summed E-state index contributed by atoms with van der Waals surface area (Å²) in [7, 11) is 0. The average Bonchev–Trinajstić information content (AvgIpc) is 2.30. The second-order valence-electron chi connectivity index (χ2n) is 3.36. The van der Waals surface area contributed by atoms with Gasteiger partial charge in [0.15, 0.2) is 0 Å². The molecule has 0 bridgehead atoms. The quantitative estimate of drug-likeness (QED) is 0.408. The van der Waals surface area contributed by atoms with Gasteiger partial charge in [0.05, 0.1) is 5.39 Å². The van der Waals surface area contributed by atoms with E-state index in [1.54, 1.807) is 12.1 Å². The average molecular weight is 195 g/mol. The maximum atomic E-state index is 11.6. The van der Waals surface area contributed by atoms with Crippen LogP contribution in [0.15, 0.2) is 51.7 Å². The van der Waals surface area contributed by atoms with Crippen LogP contribution in [0.1, 0.15) is 0 Å². The van der Waals surface area contributed by atoms with Gasteiger partial charge in [-0.1, -0.05) is 24.3 Å². The lowest BCUT2D eigenvalue weighted by atomic mass is 10.1. The van der Waals surface area contributed by atoms with Gasteiger partial charge in [-0.2, -0.15) is 0 Å². The molecule has 1 heterocycles. The lowest BCUT2D eigenvalue weighted by Gasteiger charge is -2.00. The van der Waals surface area contributed by atoms with Crippen LogP contribution in [0.25, 0.3) is 21.7 Å². The number of hydrogen-bond acceptors (Lipinski definition) is 2. The fraction of sp³-hybridized carbons (Fsp3) is 0. The van der Waals surface area contributed by atoms with Crippen LogP contribution < -0.4 is 5.63 Å². The molecule has 2 nitrogen and oxygen atoms in total. The number of rotatable bonds is 0. The first-order valence-corrected chi connectivity index (χ1v) is 4.68. The van der Waals surface area contributed by atoms with Crippen molar-refractivity contribution in [2.24, 2.45) is 0 Å². The van der Waals surface area contributed by atoms with E-state index < -0.39 is 0 Å². The van der Waals surface area contributed by atoms with Crippen molar-refractivity contribution in [3.63, 3.8) is 0 Å². The molecule has 0 N–H and O–H groups in total. The summed E-state index contributed by atoms with van der Waals surface area (Å²) in [4.78, 5) is 11.6. The third-order valence-electron chi connectivity index (χ3n) is 2.47. The van der Waals surface area contributed by atoms with Crippen molar-refractivity contribution in [3.8, 4) is 0 Å². The molecule has 0 saturated heterocycles. The molecule has 0 aliphatic rings. The van der Waals surface area contributed by atoms with Gasteiger partial charge in [0.1, 0.15) is 5.58 Å². The van der Waals surface area contributed by atoms with E-state index in [-0.39, 0.29) is 5.63 Å².